The van der Waals surface area contributed by atoms with Crippen LogP contribution in [0, 0.1) is 0 Å². The van der Waals surface area contributed by atoms with Crippen LogP contribution >= 0.6 is 27.3 Å². The number of ether oxygens (including phenoxy) is 1. The number of benzene rings is 3. The standard InChI is InChI=1S/C25H23BrN2O7S3/c26-18-8-9-21-20(15-18)27(11-3-13-34-37(29)30)23(35-21)16-24-28(12-4-14-38(31,32)33)25-19-6-2-1-5-17(19)7-10-22(25)36-24/h1-2,5-10,15-16H,3-4,11-14H2,(H-,29,30,31,32,33). The summed E-state index contributed by atoms with van der Waals surface area (Å²) in [6.07, 6.45) is 2.55. The Morgan fingerprint density at radius 2 is 2.00 bits per heavy atom. The lowest BCUT2D eigenvalue weighted by Gasteiger charge is -2.17. The maximum absolute atomic E-state index is 11.3. The number of aryl methyl sites for hydroxylation is 1. The monoisotopic (exact) mass is 638 g/mol. The molecule has 0 aliphatic carbocycles. The highest BCUT2D eigenvalue weighted by molar-refractivity contribution is 9.10. The Balaban J connectivity index is 1.57. The molecule has 9 nitrogen and oxygen atoms in total. The molecule has 0 amide bonds. The Labute approximate surface area is 234 Å². The molecule has 4 aromatic rings. The molecule has 1 aromatic heterocycles. The van der Waals surface area contributed by atoms with E-state index in [2.05, 4.69) is 15.9 Å². The van der Waals surface area contributed by atoms with Gasteiger partial charge in [0.25, 0.3) is 5.01 Å². The lowest BCUT2D eigenvalue weighted by atomic mass is 10.1. The predicted molar refractivity (Wildman–Crippen MR) is 150 cm³/mol. The van der Waals surface area contributed by atoms with Gasteiger partial charge in [0.15, 0.2) is 12.3 Å². The third-order valence-corrected chi connectivity index (χ3v) is 8.79. The minimum absolute atomic E-state index is 0.0920. The van der Waals surface area contributed by atoms with Crippen molar-refractivity contribution in [3.05, 3.63) is 70.0 Å². The molecule has 200 valence electrons. The molecule has 1 atom stereocenters. The molecule has 0 spiro atoms. The fraction of sp³-hybridized carbons (Fsp3) is 0.240. The highest BCUT2D eigenvalue weighted by Gasteiger charge is 2.29. The summed E-state index contributed by atoms with van der Waals surface area (Å²) in [4.78, 5) is 1.97. The van der Waals surface area contributed by atoms with E-state index in [0.717, 1.165) is 36.2 Å². The molecular formula is C25H23BrN2O7S3. The second kappa shape index (κ2) is 11.4. The largest absolute Gasteiger partial charge is 0.748 e. The summed E-state index contributed by atoms with van der Waals surface area (Å²) >= 11 is 2.72. The van der Waals surface area contributed by atoms with Crippen molar-refractivity contribution in [3.8, 4) is 5.75 Å². The van der Waals surface area contributed by atoms with Crippen molar-refractivity contribution < 1.29 is 35.2 Å². The number of aromatic nitrogens is 1. The van der Waals surface area contributed by atoms with Crippen LogP contribution in [-0.4, -0.2) is 40.6 Å². The third-order valence-electron chi connectivity index (χ3n) is 6.04. The number of thiazole rings is 1. The van der Waals surface area contributed by atoms with E-state index in [1.807, 2.05) is 70.1 Å². The fourth-order valence-electron chi connectivity index (χ4n) is 4.47. The molecule has 1 N–H and O–H groups in total. The van der Waals surface area contributed by atoms with E-state index in [-0.39, 0.29) is 13.0 Å². The number of nitrogens with zero attached hydrogens (tertiary/aromatic N) is 2. The Morgan fingerprint density at radius 1 is 1.18 bits per heavy atom. The molecule has 38 heavy (non-hydrogen) atoms. The Hall–Kier alpha value is -2.39. The number of halogens is 1. The van der Waals surface area contributed by atoms with Gasteiger partial charge in [0.2, 0.25) is 11.4 Å². The molecule has 1 unspecified atom stereocenters. The third kappa shape index (κ3) is 6.09. The second-order valence-corrected chi connectivity index (χ2v) is 12.8. The summed E-state index contributed by atoms with van der Waals surface area (Å²) in [5.41, 5.74) is 1.80. The summed E-state index contributed by atoms with van der Waals surface area (Å²) < 4.78 is 68.7. The predicted octanol–water partition coefficient (Wildman–Crippen LogP) is 4.78. The van der Waals surface area contributed by atoms with Gasteiger partial charge in [0.1, 0.15) is 4.70 Å². The van der Waals surface area contributed by atoms with Crippen LogP contribution in [0.3, 0.4) is 0 Å². The molecule has 0 radical (unpaired) electrons. The zero-order chi connectivity index (χ0) is 26.9. The van der Waals surface area contributed by atoms with Crippen molar-refractivity contribution >= 4 is 81.5 Å². The minimum atomic E-state index is -4.34. The first-order chi connectivity index (χ1) is 18.2. The lowest BCUT2D eigenvalue weighted by Crippen LogP contribution is -2.36. The van der Waals surface area contributed by atoms with Gasteiger partial charge in [-0.15, -0.1) is 0 Å². The van der Waals surface area contributed by atoms with E-state index in [4.69, 9.17) is 13.5 Å². The number of hydrogen-bond donors (Lipinski definition) is 1. The molecule has 2 heterocycles. The summed E-state index contributed by atoms with van der Waals surface area (Å²) in [5.74, 6) is 0.776. The van der Waals surface area contributed by atoms with E-state index in [9.17, 15) is 17.2 Å². The first-order valence-corrected chi connectivity index (χ1v) is 15.9. The maximum atomic E-state index is 11.3. The van der Waals surface area contributed by atoms with Gasteiger partial charge in [-0.3, -0.25) is 8.74 Å². The van der Waals surface area contributed by atoms with Crippen molar-refractivity contribution in [2.45, 2.75) is 19.4 Å². The van der Waals surface area contributed by atoms with Crippen molar-refractivity contribution in [1.82, 2.24) is 0 Å². The quantitative estimate of drug-likeness (QED) is 0.114. The van der Waals surface area contributed by atoms with E-state index < -0.39 is 27.2 Å². The van der Waals surface area contributed by atoms with Crippen molar-refractivity contribution in [2.75, 3.05) is 23.8 Å². The average Bonchev–Trinajstić information content (AvgIpc) is 3.38. The van der Waals surface area contributed by atoms with Crippen LogP contribution in [0.4, 0.5) is 5.69 Å². The van der Waals surface area contributed by atoms with Crippen molar-refractivity contribution in [2.24, 2.45) is 0 Å². The molecule has 13 heteroatoms. The van der Waals surface area contributed by atoms with Crippen LogP contribution in [-0.2, 0) is 32.2 Å². The summed E-state index contributed by atoms with van der Waals surface area (Å²) in [7, 11) is -4.34. The highest BCUT2D eigenvalue weighted by Crippen LogP contribution is 2.41. The van der Waals surface area contributed by atoms with Crippen molar-refractivity contribution in [1.29, 1.82) is 0 Å². The Kier molecular flexibility index (Phi) is 8.14. The second-order valence-electron chi connectivity index (χ2n) is 8.58. The normalized spacial score (nSPS) is 15.3. The van der Waals surface area contributed by atoms with Crippen LogP contribution in [0.1, 0.15) is 17.8 Å². The average molecular weight is 640 g/mol. The molecule has 0 saturated heterocycles. The molecule has 1 aliphatic rings. The summed E-state index contributed by atoms with van der Waals surface area (Å²) in [6.45, 7) is 0.896. The fourth-order valence-corrected chi connectivity index (χ4v) is 6.70. The van der Waals surface area contributed by atoms with E-state index in [1.54, 1.807) is 11.3 Å². The number of anilines is 1. The van der Waals surface area contributed by atoms with Crippen LogP contribution in [0.5, 0.6) is 5.75 Å². The topological polar surface area (TPSA) is 120 Å². The van der Waals surface area contributed by atoms with Gasteiger partial charge in [-0.05, 0) is 42.1 Å². The van der Waals surface area contributed by atoms with Gasteiger partial charge >= 0.3 is 11.4 Å². The molecule has 1 aliphatic heterocycles. The highest BCUT2D eigenvalue weighted by atomic mass is 79.9. The lowest BCUT2D eigenvalue weighted by molar-refractivity contribution is -0.667. The Bertz CT molecular complexity index is 1670. The molecule has 0 saturated carbocycles. The van der Waals surface area contributed by atoms with Gasteiger partial charge in [-0.25, -0.2) is 8.42 Å². The molecular weight excluding hydrogens is 616 g/mol. The zero-order valence-corrected chi connectivity index (χ0v) is 23.9. The van der Waals surface area contributed by atoms with Crippen molar-refractivity contribution in [3.63, 3.8) is 0 Å². The smallest absolute Gasteiger partial charge is 0.301 e. The molecule has 3 aromatic carbocycles. The van der Waals surface area contributed by atoms with E-state index in [0.29, 0.717) is 31.1 Å². The Morgan fingerprint density at radius 3 is 2.79 bits per heavy atom. The van der Waals surface area contributed by atoms with Gasteiger partial charge in [0.05, 0.1) is 33.9 Å². The van der Waals surface area contributed by atoms with Gasteiger partial charge in [-0.1, -0.05) is 51.5 Å². The van der Waals surface area contributed by atoms with Gasteiger partial charge in [0, 0.05) is 23.2 Å². The first-order valence-electron chi connectivity index (χ1n) is 11.7. The molecule has 0 bridgehead atoms. The summed E-state index contributed by atoms with van der Waals surface area (Å²) in [5, 5.41) is 2.92. The van der Waals surface area contributed by atoms with E-state index >= 15 is 0 Å². The zero-order valence-electron chi connectivity index (χ0n) is 19.9. The molecule has 0 fully saturated rings. The SMILES string of the molecule is O=S(O)OCCCN1C(=Cc2sc3ccc4ccccc4c3[n+]2CCCS(=O)(=O)[O-])Oc2ccc(Br)cc21. The first kappa shape index (κ1) is 27.2. The maximum Gasteiger partial charge on any atom is 0.301 e. The number of fused-ring (bicyclic) bond motifs is 4. The van der Waals surface area contributed by atoms with Gasteiger partial charge in [-0.2, -0.15) is 8.78 Å². The van der Waals surface area contributed by atoms with E-state index in [1.165, 1.54) is 0 Å². The number of rotatable bonds is 10. The number of hydrogen-bond acceptors (Lipinski definition) is 8. The van der Waals surface area contributed by atoms with Crippen LogP contribution in [0.15, 0.2) is 65.0 Å². The summed E-state index contributed by atoms with van der Waals surface area (Å²) in [6, 6.07) is 17.7. The minimum Gasteiger partial charge on any atom is -0.748 e. The van der Waals surface area contributed by atoms with Gasteiger partial charge < -0.3 is 14.2 Å². The molecule has 5 rings (SSSR count). The van der Waals surface area contributed by atoms with Crippen LogP contribution in [0.25, 0.3) is 27.1 Å². The van der Waals surface area contributed by atoms with Crippen LogP contribution in [0.2, 0.25) is 0 Å². The van der Waals surface area contributed by atoms with Crippen LogP contribution < -0.4 is 14.2 Å².